The van der Waals surface area contributed by atoms with E-state index in [-0.39, 0.29) is 5.02 Å². The van der Waals surface area contributed by atoms with Gasteiger partial charge in [-0.05, 0) is 34.9 Å². The average molecular weight is 460 g/mol. The predicted molar refractivity (Wildman–Crippen MR) is 131 cm³/mol. The fourth-order valence-electron chi connectivity index (χ4n) is 3.55. The number of benzene rings is 3. The van der Waals surface area contributed by atoms with Gasteiger partial charge in [0.2, 0.25) is 6.54 Å². The first-order valence-corrected chi connectivity index (χ1v) is 10.7. The zero-order valence-electron chi connectivity index (χ0n) is 17.7. The summed E-state index contributed by atoms with van der Waals surface area (Å²) in [7, 11) is 0. The van der Waals surface area contributed by atoms with E-state index in [1.807, 2.05) is 60.7 Å². The largest absolute Gasteiger partial charge is 0.294 e. The summed E-state index contributed by atoms with van der Waals surface area (Å²) in [6.45, 7) is -0.607. The van der Waals surface area contributed by atoms with Gasteiger partial charge in [-0.25, -0.2) is 0 Å². The van der Waals surface area contributed by atoms with E-state index in [2.05, 4.69) is 0 Å². The molecular weight excluding hydrogens is 438 g/mol. The van der Waals surface area contributed by atoms with Gasteiger partial charge in [-0.15, -0.1) is 0 Å². The van der Waals surface area contributed by atoms with Crippen molar-refractivity contribution < 1.29 is 14.5 Å². The molecule has 0 spiro atoms. The molecular formula is C27H22ClNO4. The highest BCUT2D eigenvalue weighted by Crippen LogP contribution is 2.33. The molecule has 2 atom stereocenters. The quantitative estimate of drug-likeness (QED) is 0.164. The van der Waals surface area contributed by atoms with Crippen molar-refractivity contribution in [3.05, 3.63) is 129 Å². The molecule has 0 aliphatic carbocycles. The van der Waals surface area contributed by atoms with Crippen molar-refractivity contribution in [3.63, 3.8) is 0 Å². The molecule has 0 aliphatic heterocycles. The number of halogens is 1. The van der Waals surface area contributed by atoms with Gasteiger partial charge < -0.3 is 0 Å². The fraction of sp³-hybridized carbons (Fsp3) is 0.111. The van der Waals surface area contributed by atoms with Gasteiger partial charge in [-0.2, -0.15) is 0 Å². The molecule has 0 aliphatic rings. The van der Waals surface area contributed by atoms with Gasteiger partial charge >= 0.3 is 0 Å². The van der Waals surface area contributed by atoms with Crippen LogP contribution in [-0.2, 0) is 9.59 Å². The van der Waals surface area contributed by atoms with Gasteiger partial charge in [0.25, 0.3) is 0 Å². The average Bonchev–Trinajstić information content (AvgIpc) is 2.82. The number of carbonyl (C=O) groups excluding carboxylic acids is 2. The lowest BCUT2D eigenvalue weighted by Crippen LogP contribution is -2.32. The first-order valence-electron chi connectivity index (χ1n) is 10.4. The molecule has 0 fully saturated rings. The van der Waals surface area contributed by atoms with Gasteiger partial charge in [0.05, 0.1) is 11.8 Å². The molecule has 0 radical (unpaired) electrons. The number of carbonyl (C=O) groups is 2. The molecule has 33 heavy (non-hydrogen) atoms. The smallest absolute Gasteiger partial charge is 0.211 e. The van der Waals surface area contributed by atoms with Crippen LogP contribution in [0.3, 0.4) is 0 Å². The van der Waals surface area contributed by atoms with Crippen molar-refractivity contribution in [2.45, 2.75) is 5.92 Å². The Kier molecular flexibility index (Phi) is 8.44. The number of nitro groups is 1. The van der Waals surface area contributed by atoms with Crippen molar-refractivity contribution >= 4 is 35.3 Å². The summed E-state index contributed by atoms with van der Waals surface area (Å²) < 4.78 is 0. The van der Waals surface area contributed by atoms with E-state index >= 15 is 0 Å². The highest BCUT2D eigenvalue weighted by molar-refractivity contribution is 6.31. The molecule has 5 nitrogen and oxygen atoms in total. The van der Waals surface area contributed by atoms with Crippen LogP contribution in [0.15, 0.2) is 97.1 Å². The van der Waals surface area contributed by atoms with Gasteiger partial charge in [-0.1, -0.05) is 103 Å². The third kappa shape index (κ3) is 6.82. The summed E-state index contributed by atoms with van der Waals surface area (Å²) in [6.07, 6.45) is 5.80. The number of ketones is 2. The first kappa shape index (κ1) is 23.8. The Morgan fingerprint density at radius 1 is 0.788 bits per heavy atom. The molecule has 0 amide bonds. The van der Waals surface area contributed by atoms with Gasteiger partial charge in [0.1, 0.15) is 0 Å². The zero-order chi connectivity index (χ0) is 23.6. The molecule has 0 N–H and O–H groups in total. The van der Waals surface area contributed by atoms with E-state index in [1.54, 1.807) is 36.4 Å². The van der Waals surface area contributed by atoms with Crippen molar-refractivity contribution in [3.8, 4) is 0 Å². The standard InChI is InChI=1S/C27H22ClNO4/c28-24-14-8-7-13-22(24)23(19-29(32)33)27(25(30)17-15-20-9-3-1-4-10-20)26(31)18-16-21-11-5-2-6-12-21/h1-18,23,27H,19H2/b17-15-,18-16+/t23-,27?/m0/s1. The van der Waals surface area contributed by atoms with Crippen LogP contribution >= 0.6 is 11.6 Å². The summed E-state index contributed by atoms with van der Waals surface area (Å²) in [5.41, 5.74) is 1.95. The molecule has 3 aromatic carbocycles. The van der Waals surface area contributed by atoms with Crippen molar-refractivity contribution in [1.82, 2.24) is 0 Å². The van der Waals surface area contributed by atoms with Gasteiger partial charge in [-0.3, -0.25) is 19.7 Å². The summed E-state index contributed by atoms with van der Waals surface area (Å²) in [5, 5.41) is 11.8. The van der Waals surface area contributed by atoms with Crippen molar-refractivity contribution in [2.75, 3.05) is 6.54 Å². The van der Waals surface area contributed by atoms with Gasteiger partial charge in [0, 0.05) is 9.95 Å². The molecule has 166 valence electrons. The van der Waals surface area contributed by atoms with Crippen LogP contribution in [0.1, 0.15) is 22.6 Å². The highest BCUT2D eigenvalue weighted by atomic mass is 35.5. The minimum absolute atomic E-state index is 0.272. The summed E-state index contributed by atoms with van der Waals surface area (Å²) in [6, 6.07) is 24.9. The second-order valence-electron chi connectivity index (χ2n) is 7.41. The molecule has 0 saturated heterocycles. The van der Waals surface area contributed by atoms with Crippen molar-refractivity contribution in [2.24, 2.45) is 5.92 Å². The first-order chi connectivity index (χ1) is 16.0. The molecule has 1 unspecified atom stereocenters. The molecule has 3 rings (SSSR count). The lowest BCUT2D eigenvalue weighted by atomic mass is 9.80. The highest BCUT2D eigenvalue weighted by Gasteiger charge is 2.37. The Bertz CT molecular complexity index is 1110. The normalized spacial score (nSPS) is 13.1. The predicted octanol–water partition coefficient (Wildman–Crippen LogP) is 5.88. The van der Waals surface area contributed by atoms with Gasteiger partial charge in [0.15, 0.2) is 11.6 Å². The monoisotopic (exact) mass is 459 g/mol. The second-order valence-corrected chi connectivity index (χ2v) is 7.82. The summed E-state index contributed by atoms with van der Waals surface area (Å²) in [5.74, 6) is -3.36. The SMILES string of the molecule is O=C(/C=C\c1ccccc1)C(C(=O)/C=C/c1ccccc1)[C@@H](C[N+](=O)[O-])c1ccccc1Cl. The van der Waals surface area contributed by atoms with E-state index in [9.17, 15) is 19.7 Å². The number of rotatable bonds is 10. The Balaban J connectivity index is 2.01. The van der Waals surface area contributed by atoms with Crippen LogP contribution in [0.4, 0.5) is 0 Å². The summed E-state index contributed by atoms with van der Waals surface area (Å²) >= 11 is 6.32. The van der Waals surface area contributed by atoms with Crippen LogP contribution in [0.5, 0.6) is 0 Å². The number of nitrogens with zero attached hydrogens (tertiary/aromatic N) is 1. The fourth-order valence-corrected chi connectivity index (χ4v) is 3.82. The van der Waals surface area contributed by atoms with Crippen LogP contribution in [0.25, 0.3) is 12.2 Å². The Hall–Kier alpha value is -3.83. The van der Waals surface area contributed by atoms with Crippen LogP contribution in [-0.4, -0.2) is 23.0 Å². The minimum Gasteiger partial charge on any atom is -0.294 e. The Labute approximate surface area is 197 Å². The van der Waals surface area contributed by atoms with Crippen LogP contribution < -0.4 is 0 Å². The lowest BCUT2D eigenvalue weighted by Gasteiger charge is -2.21. The number of allylic oxidation sites excluding steroid dienone is 2. The van der Waals surface area contributed by atoms with E-state index in [1.165, 1.54) is 12.2 Å². The number of hydrogen-bond donors (Lipinski definition) is 0. The summed E-state index contributed by atoms with van der Waals surface area (Å²) in [4.78, 5) is 37.5. The minimum atomic E-state index is -1.30. The topological polar surface area (TPSA) is 77.3 Å². The van der Waals surface area contributed by atoms with E-state index in [0.29, 0.717) is 5.56 Å². The second kappa shape index (κ2) is 11.7. The molecule has 0 saturated carbocycles. The number of hydrogen-bond acceptors (Lipinski definition) is 4. The molecule has 0 heterocycles. The van der Waals surface area contributed by atoms with E-state index in [4.69, 9.17) is 11.6 Å². The third-order valence-electron chi connectivity index (χ3n) is 5.15. The Morgan fingerprint density at radius 2 is 1.24 bits per heavy atom. The van der Waals surface area contributed by atoms with Crippen LogP contribution in [0, 0.1) is 16.0 Å². The third-order valence-corrected chi connectivity index (χ3v) is 5.49. The maximum Gasteiger partial charge on any atom is 0.211 e. The molecule has 3 aromatic rings. The molecule has 0 bridgehead atoms. The maximum atomic E-state index is 13.3. The van der Waals surface area contributed by atoms with E-state index in [0.717, 1.165) is 11.1 Å². The molecule has 0 aromatic heterocycles. The van der Waals surface area contributed by atoms with Crippen molar-refractivity contribution in [1.29, 1.82) is 0 Å². The Morgan fingerprint density at radius 3 is 1.70 bits per heavy atom. The molecule has 6 heteroatoms. The zero-order valence-corrected chi connectivity index (χ0v) is 18.5. The maximum absolute atomic E-state index is 13.3. The lowest BCUT2D eigenvalue weighted by molar-refractivity contribution is -0.484. The van der Waals surface area contributed by atoms with Crippen LogP contribution in [0.2, 0.25) is 5.02 Å². The van der Waals surface area contributed by atoms with E-state index < -0.39 is 34.9 Å².